The molecule has 4 amide bonds. The second kappa shape index (κ2) is 8.68. The third-order valence-corrected chi connectivity index (χ3v) is 5.95. The van der Waals surface area contributed by atoms with E-state index in [1.54, 1.807) is 12.1 Å². The molecule has 1 aromatic heterocycles. The van der Waals surface area contributed by atoms with E-state index in [0.29, 0.717) is 17.2 Å². The molecule has 0 atom stereocenters. The maximum atomic E-state index is 12.9. The molecule has 2 N–H and O–H groups in total. The van der Waals surface area contributed by atoms with Gasteiger partial charge in [-0.25, -0.2) is 9.69 Å². The molecular weight excluding hydrogens is 448 g/mol. The molecule has 178 valence electrons. The van der Waals surface area contributed by atoms with Crippen molar-refractivity contribution in [2.75, 3.05) is 18.7 Å². The second-order valence-corrected chi connectivity index (χ2v) is 8.50. The van der Waals surface area contributed by atoms with Crippen molar-refractivity contribution in [2.45, 2.75) is 20.8 Å². The first-order valence-electron chi connectivity index (χ1n) is 11.1. The van der Waals surface area contributed by atoms with Crippen LogP contribution < -0.4 is 20.1 Å². The molecule has 2 aromatic carbocycles. The van der Waals surface area contributed by atoms with Gasteiger partial charge in [0.25, 0.3) is 5.91 Å². The number of aromatic nitrogens is 1. The molecule has 0 saturated carbocycles. The van der Waals surface area contributed by atoms with Crippen molar-refractivity contribution in [1.82, 2.24) is 14.8 Å². The maximum absolute atomic E-state index is 12.9. The van der Waals surface area contributed by atoms with Gasteiger partial charge in [-0.3, -0.25) is 9.59 Å². The van der Waals surface area contributed by atoms with Crippen LogP contribution in [-0.4, -0.2) is 40.7 Å². The number of imide groups is 1. The summed E-state index contributed by atoms with van der Waals surface area (Å²) in [6.45, 7) is 5.61. The minimum Gasteiger partial charge on any atom is -0.454 e. The molecule has 0 radical (unpaired) electrons. The van der Waals surface area contributed by atoms with Crippen LogP contribution in [0.1, 0.15) is 22.5 Å². The molecule has 9 heteroatoms. The topological polar surface area (TPSA) is 102 Å². The quantitative estimate of drug-likeness (QED) is 0.436. The average Bonchev–Trinajstić information content (AvgIpc) is 3.46. The normalized spacial score (nSPS) is 15.6. The van der Waals surface area contributed by atoms with Crippen LogP contribution in [0.25, 0.3) is 11.8 Å². The summed E-state index contributed by atoms with van der Waals surface area (Å²) in [5.41, 5.74) is 5.20. The lowest BCUT2D eigenvalue weighted by molar-refractivity contribution is -0.127. The van der Waals surface area contributed by atoms with E-state index in [-0.39, 0.29) is 19.0 Å². The van der Waals surface area contributed by atoms with Gasteiger partial charge in [-0.05, 0) is 68.3 Å². The predicted octanol–water partition coefficient (Wildman–Crippen LogP) is 3.66. The highest BCUT2D eigenvalue weighted by Crippen LogP contribution is 2.35. The smallest absolute Gasteiger partial charge is 0.329 e. The lowest BCUT2D eigenvalue weighted by Crippen LogP contribution is -2.38. The Labute approximate surface area is 201 Å². The first-order valence-corrected chi connectivity index (χ1v) is 11.1. The number of hydrogen-bond donors (Lipinski definition) is 2. The van der Waals surface area contributed by atoms with Crippen molar-refractivity contribution in [1.29, 1.82) is 0 Å². The third kappa shape index (κ3) is 4.23. The van der Waals surface area contributed by atoms with Gasteiger partial charge >= 0.3 is 6.03 Å². The number of anilines is 1. The molecule has 1 saturated heterocycles. The highest BCUT2D eigenvalue weighted by molar-refractivity contribution is 6.16. The van der Waals surface area contributed by atoms with Gasteiger partial charge in [-0.1, -0.05) is 12.1 Å². The van der Waals surface area contributed by atoms with Crippen LogP contribution >= 0.6 is 0 Å². The second-order valence-electron chi connectivity index (χ2n) is 8.50. The summed E-state index contributed by atoms with van der Waals surface area (Å²) in [6.07, 6.45) is 1.63. The minimum absolute atomic E-state index is 0.115. The minimum atomic E-state index is -0.634. The summed E-state index contributed by atoms with van der Waals surface area (Å²) in [4.78, 5) is 38.7. The summed E-state index contributed by atoms with van der Waals surface area (Å²) >= 11 is 0. The predicted molar refractivity (Wildman–Crippen MR) is 129 cm³/mol. The van der Waals surface area contributed by atoms with E-state index in [4.69, 9.17) is 9.47 Å². The molecule has 0 aliphatic carbocycles. The molecule has 9 nitrogen and oxygen atoms in total. The van der Waals surface area contributed by atoms with Gasteiger partial charge < -0.3 is 24.7 Å². The van der Waals surface area contributed by atoms with E-state index in [1.165, 1.54) is 0 Å². The number of benzene rings is 2. The summed E-state index contributed by atoms with van der Waals surface area (Å²) < 4.78 is 12.9. The van der Waals surface area contributed by atoms with Crippen LogP contribution in [0.15, 0.2) is 54.2 Å². The molecule has 0 unspecified atom stereocenters. The number of aryl methyl sites for hydroxylation is 2. The van der Waals surface area contributed by atoms with Crippen molar-refractivity contribution >= 4 is 29.6 Å². The number of nitrogens with one attached hydrogen (secondary N) is 2. The largest absolute Gasteiger partial charge is 0.454 e. The Kier molecular flexibility index (Phi) is 5.52. The standard InChI is InChI=1S/C26H24N4O5/c1-15-5-4-6-19(9-15)27-24(31)13-29-25(32)21(28-26(29)33)11-18-10-16(2)30(17(18)3)20-7-8-22-23(12-20)35-14-34-22/h4-12H,13-14H2,1-3H3,(H,27,31)(H,28,33)/b21-11+. The maximum Gasteiger partial charge on any atom is 0.329 e. The monoisotopic (exact) mass is 472 g/mol. The Balaban J connectivity index is 1.35. The van der Waals surface area contributed by atoms with Crippen molar-refractivity contribution in [2.24, 2.45) is 0 Å². The number of nitrogens with zero attached hydrogens (tertiary/aromatic N) is 2. The summed E-state index contributed by atoms with van der Waals surface area (Å²) in [7, 11) is 0. The molecule has 3 aromatic rings. The third-order valence-electron chi connectivity index (χ3n) is 5.95. The van der Waals surface area contributed by atoms with E-state index in [9.17, 15) is 14.4 Å². The first kappa shape index (κ1) is 22.3. The molecular formula is C26H24N4O5. The van der Waals surface area contributed by atoms with Gasteiger partial charge in [0.05, 0.1) is 0 Å². The Morgan fingerprint density at radius 1 is 1.06 bits per heavy atom. The number of hydrogen-bond acceptors (Lipinski definition) is 5. The first-order chi connectivity index (χ1) is 16.8. The number of amides is 4. The molecule has 0 bridgehead atoms. The van der Waals surface area contributed by atoms with Gasteiger partial charge in [0, 0.05) is 28.8 Å². The Hall–Kier alpha value is -4.53. The van der Waals surface area contributed by atoms with Gasteiger partial charge in [0.2, 0.25) is 12.7 Å². The van der Waals surface area contributed by atoms with Gasteiger partial charge in [0.15, 0.2) is 11.5 Å². The zero-order valence-corrected chi connectivity index (χ0v) is 19.5. The van der Waals surface area contributed by atoms with E-state index in [1.807, 2.05) is 67.8 Å². The molecule has 35 heavy (non-hydrogen) atoms. The van der Waals surface area contributed by atoms with Crippen LogP contribution in [-0.2, 0) is 9.59 Å². The van der Waals surface area contributed by atoms with Crippen LogP contribution in [0.3, 0.4) is 0 Å². The SMILES string of the molecule is Cc1cccc(NC(=O)CN2C(=O)N/C(=C/c3cc(C)n(-c4ccc5c(c4)OCO5)c3C)C2=O)c1. The van der Waals surface area contributed by atoms with Crippen LogP contribution in [0.4, 0.5) is 10.5 Å². The van der Waals surface area contributed by atoms with E-state index in [2.05, 4.69) is 10.6 Å². The fourth-order valence-electron chi connectivity index (χ4n) is 4.29. The van der Waals surface area contributed by atoms with Gasteiger partial charge in [-0.15, -0.1) is 0 Å². The summed E-state index contributed by atoms with van der Waals surface area (Å²) in [5, 5.41) is 5.30. The van der Waals surface area contributed by atoms with E-state index >= 15 is 0 Å². The van der Waals surface area contributed by atoms with Crippen molar-refractivity contribution in [3.05, 3.63) is 76.7 Å². The van der Waals surface area contributed by atoms with Gasteiger partial charge in [0.1, 0.15) is 12.2 Å². The number of carbonyl (C=O) groups is 3. The molecule has 0 spiro atoms. The van der Waals surface area contributed by atoms with Crippen LogP contribution in [0, 0.1) is 20.8 Å². The van der Waals surface area contributed by atoms with Crippen molar-refractivity contribution in [3.63, 3.8) is 0 Å². The van der Waals surface area contributed by atoms with Crippen molar-refractivity contribution in [3.8, 4) is 17.2 Å². The Morgan fingerprint density at radius 2 is 1.86 bits per heavy atom. The zero-order valence-electron chi connectivity index (χ0n) is 19.5. The number of carbonyl (C=O) groups excluding carboxylic acids is 3. The number of urea groups is 1. The molecule has 3 heterocycles. The lowest BCUT2D eigenvalue weighted by atomic mass is 10.2. The number of ether oxygens (including phenoxy) is 2. The Bertz CT molecular complexity index is 1400. The van der Waals surface area contributed by atoms with Crippen LogP contribution in [0.2, 0.25) is 0 Å². The highest BCUT2D eigenvalue weighted by atomic mass is 16.7. The van der Waals surface area contributed by atoms with Crippen molar-refractivity contribution < 1.29 is 23.9 Å². The zero-order chi connectivity index (χ0) is 24.7. The Morgan fingerprint density at radius 3 is 2.66 bits per heavy atom. The number of fused-ring (bicyclic) bond motifs is 1. The number of rotatable bonds is 5. The average molecular weight is 473 g/mol. The summed E-state index contributed by atoms with van der Waals surface area (Å²) in [5.74, 6) is 0.362. The van der Waals surface area contributed by atoms with E-state index < -0.39 is 17.8 Å². The summed E-state index contributed by atoms with van der Waals surface area (Å²) in [6, 6.07) is 14.3. The molecule has 2 aliphatic rings. The highest BCUT2D eigenvalue weighted by Gasteiger charge is 2.35. The van der Waals surface area contributed by atoms with E-state index in [0.717, 1.165) is 33.1 Å². The fraction of sp³-hybridized carbons (Fsp3) is 0.192. The van der Waals surface area contributed by atoms with Gasteiger partial charge in [-0.2, -0.15) is 0 Å². The molecule has 1 fully saturated rings. The molecule has 2 aliphatic heterocycles. The van der Waals surface area contributed by atoms with Crippen LogP contribution in [0.5, 0.6) is 11.5 Å². The molecule has 5 rings (SSSR count). The lowest BCUT2D eigenvalue weighted by Gasteiger charge is -2.12. The fourth-order valence-corrected chi connectivity index (χ4v) is 4.29.